The summed E-state index contributed by atoms with van der Waals surface area (Å²) >= 11 is 1.61. The lowest BCUT2D eigenvalue weighted by molar-refractivity contribution is -0.146. The van der Waals surface area contributed by atoms with Gasteiger partial charge in [-0.05, 0) is 34.2 Å². The Labute approximate surface area is 172 Å². The first-order chi connectivity index (χ1) is 14.1. The van der Waals surface area contributed by atoms with E-state index in [1.807, 2.05) is 11.4 Å². The summed E-state index contributed by atoms with van der Waals surface area (Å²) in [5, 5.41) is 23.3. The average molecular weight is 407 g/mol. The average Bonchev–Trinajstić information content (AvgIpc) is 3.29. The van der Waals surface area contributed by atoms with Gasteiger partial charge < -0.3 is 15.2 Å². The van der Waals surface area contributed by atoms with Crippen LogP contribution in [-0.2, 0) is 30.7 Å². The number of aliphatic hydroxyl groups excluding tert-OH is 1. The molecule has 6 heteroatoms. The fourth-order valence-corrected chi connectivity index (χ4v) is 5.36. The molecule has 2 aromatic heterocycles. The molecule has 3 N–H and O–H groups in total. The molecule has 1 aliphatic rings. The Morgan fingerprint density at radius 1 is 1.17 bits per heavy atom. The summed E-state index contributed by atoms with van der Waals surface area (Å²) < 4.78 is 1.13. The Balaban J connectivity index is 1.56. The molecule has 0 spiro atoms. The molecule has 5 rings (SSSR count). The van der Waals surface area contributed by atoms with E-state index in [2.05, 4.69) is 46.3 Å². The zero-order chi connectivity index (χ0) is 20.0. The number of nitrogens with one attached hydrogen (secondary N) is 1. The number of benzene rings is 2. The molecule has 0 saturated heterocycles. The van der Waals surface area contributed by atoms with E-state index >= 15 is 0 Å². The Bertz CT molecular complexity index is 1200. The van der Waals surface area contributed by atoms with Gasteiger partial charge in [0.2, 0.25) is 0 Å². The van der Waals surface area contributed by atoms with Gasteiger partial charge in [-0.15, -0.1) is 11.3 Å². The molecule has 5 nitrogen and oxygen atoms in total. The zero-order valence-electron chi connectivity index (χ0n) is 15.9. The maximum absolute atomic E-state index is 11.2. The molecule has 1 atom stereocenters. The Morgan fingerprint density at radius 3 is 2.79 bits per heavy atom. The fraction of sp³-hybridized carbons (Fsp3) is 0.261. The van der Waals surface area contributed by atoms with Gasteiger partial charge >= 0.3 is 5.97 Å². The number of fused-ring (bicyclic) bond motifs is 5. The van der Waals surface area contributed by atoms with E-state index in [-0.39, 0.29) is 6.42 Å². The van der Waals surface area contributed by atoms with Crippen LogP contribution in [0.15, 0.2) is 47.8 Å². The van der Waals surface area contributed by atoms with E-state index < -0.39 is 12.1 Å². The number of rotatable bonds is 5. The van der Waals surface area contributed by atoms with Crippen molar-refractivity contribution < 1.29 is 15.0 Å². The van der Waals surface area contributed by atoms with Gasteiger partial charge in [-0.1, -0.05) is 30.3 Å². The molecule has 1 unspecified atom stereocenters. The van der Waals surface area contributed by atoms with Gasteiger partial charge in [0.05, 0.1) is 0 Å². The predicted molar refractivity (Wildman–Crippen MR) is 115 cm³/mol. The van der Waals surface area contributed by atoms with Gasteiger partial charge in [-0.25, -0.2) is 4.79 Å². The lowest BCUT2D eigenvalue weighted by atomic mass is 9.98. The molecule has 0 fully saturated rings. The fourth-order valence-electron chi connectivity index (χ4n) is 4.38. The molecule has 3 heterocycles. The number of H-pyrrole nitrogens is 1. The second-order valence-corrected chi connectivity index (χ2v) is 8.62. The van der Waals surface area contributed by atoms with Crippen LogP contribution in [0.2, 0.25) is 0 Å². The van der Waals surface area contributed by atoms with Crippen molar-refractivity contribution in [3.8, 4) is 0 Å². The van der Waals surface area contributed by atoms with Crippen LogP contribution in [-0.4, -0.2) is 38.7 Å². The summed E-state index contributed by atoms with van der Waals surface area (Å²) in [6.07, 6.45) is -0.287. The van der Waals surface area contributed by atoms with E-state index in [1.165, 1.54) is 22.2 Å². The number of aliphatic carboxylic acids is 1. The largest absolute Gasteiger partial charge is 0.479 e. The van der Waals surface area contributed by atoms with Crippen molar-refractivity contribution in [1.82, 2.24) is 9.88 Å². The highest BCUT2D eigenvalue weighted by atomic mass is 32.1. The zero-order valence-corrected chi connectivity index (χ0v) is 16.7. The van der Waals surface area contributed by atoms with Crippen LogP contribution in [0.25, 0.3) is 21.0 Å². The Kier molecular flexibility index (Phi) is 4.62. The number of carbonyl (C=O) groups is 1. The lowest BCUT2D eigenvalue weighted by Gasteiger charge is -2.27. The highest BCUT2D eigenvalue weighted by Gasteiger charge is 2.24. The van der Waals surface area contributed by atoms with Gasteiger partial charge in [0.1, 0.15) is 0 Å². The van der Waals surface area contributed by atoms with E-state index in [0.29, 0.717) is 0 Å². The summed E-state index contributed by atoms with van der Waals surface area (Å²) in [5.74, 6) is -1.18. The number of aromatic nitrogens is 1. The smallest absolute Gasteiger partial charge is 0.332 e. The quantitative estimate of drug-likeness (QED) is 0.469. The van der Waals surface area contributed by atoms with Crippen LogP contribution in [0.3, 0.4) is 0 Å². The molecule has 29 heavy (non-hydrogen) atoms. The number of aromatic amines is 1. The van der Waals surface area contributed by atoms with Gasteiger partial charge in [0.15, 0.2) is 6.10 Å². The van der Waals surface area contributed by atoms with E-state index in [4.69, 9.17) is 5.11 Å². The SMILES string of the molecule is O=C(O)C(O)Cc1csc2ccc3[nH]c4c(c3c12)CN(Cc1ccccc1)CC4. The van der Waals surface area contributed by atoms with Crippen LogP contribution < -0.4 is 0 Å². The molecule has 0 amide bonds. The number of thiophene rings is 1. The molecule has 0 saturated carbocycles. The van der Waals surface area contributed by atoms with E-state index in [0.717, 1.165) is 47.2 Å². The van der Waals surface area contributed by atoms with Crippen LogP contribution in [0.4, 0.5) is 0 Å². The number of aliphatic hydroxyl groups is 1. The third-order valence-electron chi connectivity index (χ3n) is 5.78. The van der Waals surface area contributed by atoms with Crippen molar-refractivity contribution in [3.05, 3.63) is 70.2 Å². The van der Waals surface area contributed by atoms with Crippen molar-refractivity contribution in [2.45, 2.75) is 32.0 Å². The highest BCUT2D eigenvalue weighted by Crippen LogP contribution is 2.38. The molecule has 0 radical (unpaired) electrons. The summed E-state index contributed by atoms with van der Waals surface area (Å²) in [5.41, 5.74) is 5.88. The molecule has 2 aromatic carbocycles. The number of hydrogen-bond acceptors (Lipinski definition) is 4. The van der Waals surface area contributed by atoms with Crippen molar-refractivity contribution in [2.24, 2.45) is 0 Å². The van der Waals surface area contributed by atoms with E-state index in [1.54, 1.807) is 11.3 Å². The second kappa shape index (κ2) is 7.30. The minimum atomic E-state index is -1.38. The standard InChI is InChI=1S/C23H22N2O3S/c26-19(23(27)28)10-15-13-29-20-7-6-18-22(21(15)20)16-12-25(9-8-17(16)24-18)11-14-4-2-1-3-5-14/h1-7,13,19,24,26H,8-12H2,(H,27,28). The summed E-state index contributed by atoms with van der Waals surface area (Å²) in [4.78, 5) is 17.2. The molecule has 148 valence electrons. The summed E-state index contributed by atoms with van der Waals surface area (Å²) in [7, 11) is 0. The lowest BCUT2D eigenvalue weighted by Crippen LogP contribution is -2.29. The minimum Gasteiger partial charge on any atom is -0.479 e. The maximum atomic E-state index is 11.2. The van der Waals surface area contributed by atoms with Crippen molar-refractivity contribution >= 4 is 38.3 Å². The third-order valence-corrected chi connectivity index (χ3v) is 6.77. The van der Waals surface area contributed by atoms with Gasteiger partial charge in [-0.3, -0.25) is 4.90 Å². The normalized spacial score (nSPS) is 15.6. The van der Waals surface area contributed by atoms with E-state index in [9.17, 15) is 9.90 Å². The van der Waals surface area contributed by atoms with Crippen molar-refractivity contribution in [2.75, 3.05) is 6.54 Å². The predicted octanol–water partition coefficient (Wildman–Crippen LogP) is 3.93. The molecule has 0 aliphatic carbocycles. The summed E-state index contributed by atoms with van der Waals surface area (Å²) in [6, 6.07) is 14.7. The third kappa shape index (κ3) is 3.33. The van der Waals surface area contributed by atoms with Gasteiger partial charge in [0.25, 0.3) is 0 Å². The van der Waals surface area contributed by atoms with Crippen LogP contribution in [0.5, 0.6) is 0 Å². The van der Waals surface area contributed by atoms with Crippen LogP contribution in [0.1, 0.15) is 22.4 Å². The van der Waals surface area contributed by atoms with Crippen molar-refractivity contribution in [1.29, 1.82) is 0 Å². The first kappa shape index (κ1) is 18.4. The molecule has 0 bridgehead atoms. The van der Waals surface area contributed by atoms with Crippen molar-refractivity contribution in [3.63, 3.8) is 0 Å². The van der Waals surface area contributed by atoms with Crippen LogP contribution >= 0.6 is 11.3 Å². The second-order valence-electron chi connectivity index (χ2n) is 7.71. The number of carboxylic acids is 1. The van der Waals surface area contributed by atoms with Gasteiger partial charge in [0, 0.05) is 59.2 Å². The Hall–Kier alpha value is -2.67. The summed E-state index contributed by atoms with van der Waals surface area (Å²) in [6.45, 7) is 2.78. The molecular formula is C23H22N2O3S. The number of hydrogen-bond donors (Lipinski definition) is 3. The molecule has 1 aliphatic heterocycles. The highest BCUT2D eigenvalue weighted by molar-refractivity contribution is 7.17. The minimum absolute atomic E-state index is 0.127. The number of nitrogens with zero attached hydrogens (tertiary/aromatic N) is 1. The van der Waals surface area contributed by atoms with Gasteiger partial charge in [-0.2, -0.15) is 0 Å². The molecular weight excluding hydrogens is 384 g/mol. The monoisotopic (exact) mass is 406 g/mol. The number of carboxylic acid groups (broad SMARTS) is 1. The Morgan fingerprint density at radius 2 is 2.00 bits per heavy atom. The topological polar surface area (TPSA) is 76.6 Å². The first-order valence-corrected chi connectivity index (χ1v) is 10.7. The van der Waals surface area contributed by atoms with Crippen LogP contribution in [0, 0.1) is 0 Å². The maximum Gasteiger partial charge on any atom is 0.332 e. The first-order valence-electron chi connectivity index (χ1n) is 9.80. The molecule has 4 aromatic rings.